The lowest BCUT2D eigenvalue weighted by molar-refractivity contribution is -0.136. The fraction of sp³-hybridized carbons (Fsp3) is 0.516. The minimum atomic E-state index is -6.12. The molecule has 4 aromatic carbocycles. The number of fused-ring (bicyclic) bond motifs is 1. The van der Waals surface area contributed by atoms with E-state index in [9.17, 15) is 54.0 Å². The second-order valence-electron chi connectivity index (χ2n) is 24.5. The average molecular weight is 1270 g/mol. The van der Waals surface area contributed by atoms with Crippen LogP contribution in [0, 0.1) is 5.41 Å². The van der Waals surface area contributed by atoms with Crippen molar-refractivity contribution in [2.24, 2.45) is 5.41 Å². The Morgan fingerprint density at radius 2 is 1.45 bits per heavy atom. The molecule has 4 aromatic rings. The van der Waals surface area contributed by atoms with E-state index in [1.807, 2.05) is 35.1 Å². The summed E-state index contributed by atoms with van der Waals surface area (Å²) in [6.07, 6.45) is 11.4. The molecule has 5 amide bonds. The van der Waals surface area contributed by atoms with Crippen molar-refractivity contribution >= 4 is 78.2 Å². The number of allylic oxidation sites excluding steroid dienone is 1. The number of nitrogens with zero attached hydrogens (tertiary/aromatic N) is 5. The molecule has 4 aliphatic heterocycles. The number of imide groups is 2. The Morgan fingerprint density at radius 1 is 0.750 bits per heavy atom. The number of benzene rings is 4. The van der Waals surface area contributed by atoms with E-state index in [1.54, 1.807) is 41.5 Å². The van der Waals surface area contributed by atoms with Crippen LogP contribution in [0.3, 0.4) is 0 Å². The molecule has 1 unspecified atom stereocenters. The van der Waals surface area contributed by atoms with Gasteiger partial charge >= 0.3 is 5.51 Å². The highest BCUT2D eigenvalue weighted by molar-refractivity contribution is 7.99. The van der Waals surface area contributed by atoms with E-state index in [1.165, 1.54) is 56.0 Å². The third-order valence-electron chi connectivity index (χ3n) is 17.5. The number of anilines is 3. The normalized spacial score (nSPS) is 19.4. The van der Waals surface area contributed by atoms with Gasteiger partial charge in [0, 0.05) is 112 Å². The van der Waals surface area contributed by atoms with Crippen LogP contribution in [0.4, 0.5) is 30.2 Å². The third-order valence-corrected chi connectivity index (χ3v) is 21.5. The molecule has 2 atom stereocenters. The van der Waals surface area contributed by atoms with Crippen LogP contribution in [-0.2, 0) is 29.4 Å². The Balaban J connectivity index is 0.768. The van der Waals surface area contributed by atoms with Gasteiger partial charge in [-0.25, -0.2) is 21.6 Å². The fourth-order valence-electron chi connectivity index (χ4n) is 12.4. The van der Waals surface area contributed by atoms with Crippen LogP contribution in [0.5, 0.6) is 0 Å². The Morgan fingerprint density at radius 3 is 2.15 bits per heavy atom. The van der Waals surface area contributed by atoms with Gasteiger partial charge in [-0.2, -0.15) is 13.2 Å². The molecule has 0 aromatic heterocycles. The summed E-state index contributed by atoms with van der Waals surface area (Å²) in [6, 6.07) is 21.6. The third kappa shape index (κ3) is 16.5. The summed E-state index contributed by atoms with van der Waals surface area (Å²) in [6.45, 7) is 16.1. The average Bonchev–Trinajstić information content (AvgIpc) is 1.82. The van der Waals surface area contributed by atoms with E-state index in [0.717, 1.165) is 112 Å². The van der Waals surface area contributed by atoms with Gasteiger partial charge in [0.25, 0.3) is 37.6 Å². The van der Waals surface area contributed by atoms with Crippen molar-refractivity contribution in [2.75, 3.05) is 99.8 Å². The number of alkyl halides is 3. The van der Waals surface area contributed by atoms with Gasteiger partial charge in [-0.1, -0.05) is 75.4 Å². The molecule has 3 fully saturated rings. The molecule has 4 heterocycles. The van der Waals surface area contributed by atoms with E-state index >= 15 is 0 Å². The Bertz CT molecular complexity index is 3430. The molecule has 0 spiro atoms. The molecule has 1 aliphatic carbocycles. The molecule has 24 heteroatoms. The van der Waals surface area contributed by atoms with E-state index in [2.05, 4.69) is 56.3 Å². The fourth-order valence-corrected chi connectivity index (χ4v) is 15.4. The zero-order chi connectivity index (χ0) is 62.8. The lowest BCUT2D eigenvalue weighted by atomic mass is 9.73. The van der Waals surface area contributed by atoms with Crippen molar-refractivity contribution in [3.8, 4) is 0 Å². The molecule has 0 bridgehead atoms. The van der Waals surface area contributed by atoms with Gasteiger partial charge in [0.1, 0.15) is 10.9 Å². The Kier molecular flexibility index (Phi) is 21.9. The summed E-state index contributed by atoms with van der Waals surface area (Å²) >= 11 is 1.44. The zero-order valence-corrected chi connectivity index (χ0v) is 52.9. The van der Waals surface area contributed by atoms with Gasteiger partial charge in [0.2, 0.25) is 11.8 Å². The first-order valence-electron chi connectivity index (χ1n) is 30.8. The maximum absolute atomic E-state index is 14.5. The first-order valence-corrected chi connectivity index (χ1v) is 34.7. The highest BCUT2D eigenvalue weighted by Crippen LogP contribution is 2.42. The number of piperidine rings is 1. The molecule has 5 aliphatic rings. The molecule has 0 radical (unpaired) electrons. The molecular formula is C64H82F3N9O9S3. The smallest absolute Gasteiger partial charge is 0.384 e. The molecule has 9 rings (SSSR count). The highest BCUT2D eigenvalue weighted by Gasteiger charge is 2.49. The summed E-state index contributed by atoms with van der Waals surface area (Å²) < 4.78 is 99.7. The predicted molar refractivity (Wildman–Crippen MR) is 336 cm³/mol. The Labute approximate surface area is 519 Å². The largest absolute Gasteiger partial charge is 0.501 e. The number of nitrogens with one attached hydrogen (secondary N) is 4. The lowest BCUT2D eigenvalue weighted by Gasteiger charge is -2.39. The van der Waals surface area contributed by atoms with E-state index < -0.39 is 82.5 Å². The second-order valence-corrected chi connectivity index (χ2v) is 29.1. The van der Waals surface area contributed by atoms with Crippen LogP contribution in [0.1, 0.15) is 135 Å². The van der Waals surface area contributed by atoms with Crippen molar-refractivity contribution in [1.82, 2.24) is 29.6 Å². The molecule has 18 nitrogen and oxygen atoms in total. The van der Waals surface area contributed by atoms with Crippen LogP contribution < -0.4 is 25.6 Å². The van der Waals surface area contributed by atoms with Gasteiger partial charge in [0.15, 0.2) is 0 Å². The quantitative estimate of drug-likeness (QED) is 0.0189. The number of rotatable bonds is 27. The number of carbonyl (C=O) groups is 5. The lowest BCUT2D eigenvalue weighted by Crippen LogP contribution is -2.54. The van der Waals surface area contributed by atoms with Crippen molar-refractivity contribution in [3.05, 3.63) is 119 Å². The molecule has 3 saturated heterocycles. The van der Waals surface area contributed by atoms with Crippen LogP contribution in [-0.4, -0.2) is 168 Å². The SMILES string of the molecule is CCCCCC1=C(CN2CCN(c3ccc(C(=O)NS(=O)(=O)c4ccc(N[C@H](CCN5CCN(CCCCCNc6cccc7c6C(=O)N(C6CCC(=O)NC6=O)C7=O)CC5)CSc5ccccc5)c(S(=O)(=O)C(F)(F)F)c4)cc3)CC2)CCC(C)(C)C1. The number of piperazine rings is 2. The first-order chi connectivity index (χ1) is 42.0. The van der Waals surface area contributed by atoms with Crippen LogP contribution in [0.2, 0.25) is 0 Å². The van der Waals surface area contributed by atoms with Crippen molar-refractivity contribution in [3.63, 3.8) is 0 Å². The number of amides is 5. The highest BCUT2D eigenvalue weighted by atomic mass is 32.2. The van der Waals surface area contributed by atoms with Crippen LogP contribution in [0.25, 0.3) is 0 Å². The summed E-state index contributed by atoms with van der Waals surface area (Å²) in [5, 5.41) is 8.56. The van der Waals surface area contributed by atoms with Crippen molar-refractivity contribution in [1.29, 1.82) is 0 Å². The molecule has 476 valence electrons. The zero-order valence-electron chi connectivity index (χ0n) is 50.5. The monoisotopic (exact) mass is 1270 g/mol. The summed E-state index contributed by atoms with van der Waals surface area (Å²) in [7, 11) is -11.0. The summed E-state index contributed by atoms with van der Waals surface area (Å²) in [4.78, 5) is 73.5. The number of sulfonamides is 1. The van der Waals surface area contributed by atoms with Gasteiger partial charge in [0.05, 0.1) is 21.7 Å². The summed E-state index contributed by atoms with van der Waals surface area (Å²) in [5.74, 6) is -2.94. The van der Waals surface area contributed by atoms with Gasteiger partial charge < -0.3 is 25.3 Å². The van der Waals surface area contributed by atoms with E-state index in [0.29, 0.717) is 55.5 Å². The standard InChI is InChI=1S/C64H82F3N9O9S3/c1-4-5-8-14-46-42-63(2,3)29-27-47(46)43-74-37-39-75(40-38-74)49-21-19-45(20-22-49)59(78)71-88(84,85)51-23-24-53(56(41-51)87(82,83)64(65,66)67)69-48(44-86-50-15-9-6-10-16-50)28-32-73-35-33-72(34-36-73)31-12-7-11-30-68-54-18-13-17-52-58(54)62(81)76(61(52)80)55-25-26-57(77)70-60(55)79/h6,9-10,13,15-24,41,48,55,68-69H,4-5,7-8,11-12,14,25-40,42-44H2,1-3H3,(H,71,78)(H,70,77,79)/t48-,55?/m1/s1. The molecular weight excluding hydrogens is 1190 g/mol. The number of sulfone groups is 1. The maximum atomic E-state index is 14.5. The van der Waals surface area contributed by atoms with Gasteiger partial charge in [-0.05, 0) is 136 Å². The topological polar surface area (TPSA) is 218 Å². The van der Waals surface area contributed by atoms with Crippen molar-refractivity contribution < 1.29 is 54.0 Å². The minimum Gasteiger partial charge on any atom is -0.384 e. The molecule has 0 saturated carbocycles. The number of hydrogen-bond acceptors (Lipinski definition) is 16. The predicted octanol–water partition coefficient (Wildman–Crippen LogP) is 9.57. The summed E-state index contributed by atoms with van der Waals surface area (Å²) in [5.41, 5.74) is -0.874. The second kappa shape index (κ2) is 29.1. The Hall–Kier alpha value is -6.31. The molecule has 88 heavy (non-hydrogen) atoms. The minimum absolute atomic E-state index is 0.00508. The van der Waals surface area contributed by atoms with Crippen LogP contribution >= 0.6 is 11.8 Å². The molecule has 4 N–H and O–H groups in total. The first kappa shape index (κ1) is 66.1. The number of thioether (sulfide) groups is 1. The van der Waals surface area contributed by atoms with Crippen molar-refractivity contribution in [2.45, 2.75) is 137 Å². The maximum Gasteiger partial charge on any atom is 0.501 e. The number of halogens is 3. The van der Waals surface area contributed by atoms with E-state index in [-0.39, 0.29) is 29.5 Å². The van der Waals surface area contributed by atoms with Gasteiger partial charge in [-0.15, -0.1) is 11.8 Å². The van der Waals surface area contributed by atoms with Gasteiger partial charge in [-0.3, -0.25) is 39.1 Å². The van der Waals surface area contributed by atoms with E-state index in [4.69, 9.17) is 0 Å². The number of carbonyl (C=O) groups excluding carboxylic acids is 5. The van der Waals surface area contributed by atoms with Crippen LogP contribution in [0.15, 0.2) is 117 Å². The number of hydrogen-bond donors (Lipinski definition) is 4. The number of unbranched alkanes of at least 4 members (excludes halogenated alkanes) is 4.